The second kappa shape index (κ2) is 5.40. The van der Waals surface area contributed by atoms with Gasteiger partial charge in [0.2, 0.25) is 0 Å². The molecule has 0 spiro atoms. The van der Waals surface area contributed by atoms with Gasteiger partial charge in [0.1, 0.15) is 0 Å². The summed E-state index contributed by atoms with van der Waals surface area (Å²) in [6, 6.07) is 8.74. The molecule has 3 rings (SSSR count). The maximum atomic E-state index is 11.3. The number of hydrogen-bond acceptors (Lipinski definition) is 2. The van der Waals surface area contributed by atoms with E-state index in [-0.39, 0.29) is 6.04 Å². The molecule has 21 heavy (non-hydrogen) atoms. The van der Waals surface area contributed by atoms with Gasteiger partial charge in [-0.25, -0.2) is 0 Å². The molecule has 1 unspecified atom stereocenters. The lowest BCUT2D eigenvalue weighted by Gasteiger charge is -2.46. The first-order chi connectivity index (χ1) is 9.90. The van der Waals surface area contributed by atoms with Crippen molar-refractivity contribution < 1.29 is 5.11 Å². The summed E-state index contributed by atoms with van der Waals surface area (Å²) in [5, 5.41) is 14.9. The Labute approximate surface area is 129 Å². The Morgan fingerprint density at radius 3 is 2.48 bits per heavy atom. The third-order valence-electron chi connectivity index (χ3n) is 5.72. The smallest absolute Gasteiger partial charge is 0.0841 e. The Hall–Kier alpha value is -0.860. The molecule has 1 aromatic rings. The van der Waals surface area contributed by atoms with Crippen molar-refractivity contribution in [3.8, 4) is 0 Å². The number of hydrogen-bond donors (Lipinski definition) is 2. The summed E-state index contributed by atoms with van der Waals surface area (Å²) < 4.78 is 0. The zero-order valence-corrected chi connectivity index (χ0v) is 13.7. The first-order valence-electron chi connectivity index (χ1n) is 8.44. The van der Waals surface area contributed by atoms with Crippen molar-refractivity contribution in [1.82, 2.24) is 5.32 Å². The minimum absolute atomic E-state index is 0.114. The van der Waals surface area contributed by atoms with E-state index in [4.69, 9.17) is 0 Å². The van der Waals surface area contributed by atoms with Crippen molar-refractivity contribution in [3.63, 3.8) is 0 Å². The lowest BCUT2D eigenvalue weighted by atomic mass is 9.65. The molecule has 1 aliphatic carbocycles. The van der Waals surface area contributed by atoms with Crippen LogP contribution in [-0.4, -0.2) is 17.3 Å². The van der Waals surface area contributed by atoms with E-state index >= 15 is 0 Å². The molecule has 0 aromatic heterocycles. The molecule has 1 fully saturated rings. The highest BCUT2D eigenvalue weighted by Gasteiger charge is 2.44. The normalized spacial score (nSPS) is 33.5. The molecule has 1 atom stereocenters. The van der Waals surface area contributed by atoms with E-state index < -0.39 is 5.60 Å². The Bertz CT molecular complexity index is 495. The summed E-state index contributed by atoms with van der Waals surface area (Å²) >= 11 is 0. The maximum Gasteiger partial charge on any atom is 0.0841 e. The fourth-order valence-corrected chi connectivity index (χ4v) is 4.26. The summed E-state index contributed by atoms with van der Waals surface area (Å²) in [6.07, 6.45) is 5.19. The van der Waals surface area contributed by atoms with Gasteiger partial charge in [0, 0.05) is 0 Å². The molecular formula is C19H29NO. The topological polar surface area (TPSA) is 32.3 Å². The quantitative estimate of drug-likeness (QED) is 0.822. The molecule has 0 bridgehead atoms. The van der Waals surface area contributed by atoms with Gasteiger partial charge in [-0.05, 0) is 61.1 Å². The molecule has 0 saturated heterocycles. The van der Waals surface area contributed by atoms with Crippen LogP contribution in [0.1, 0.15) is 63.6 Å². The second-order valence-corrected chi connectivity index (χ2v) is 8.08. The highest BCUT2D eigenvalue weighted by Crippen LogP contribution is 2.46. The van der Waals surface area contributed by atoms with E-state index in [1.165, 1.54) is 11.1 Å². The van der Waals surface area contributed by atoms with Crippen LogP contribution in [0.3, 0.4) is 0 Å². The SMILES string of the molecule is CC(C)(C)C1CCC(O)(C2NCCc3ccccc32)CC1. The number of aliphatic hydroxyl groups is 1. The maximum absolute atomic E-state index is 11.3. The van der Waals surface area contributed by atoms with Gasteiger partial charge in [-0.1, -0.05) is 45.0 Å². The molecule has 1 aliphatic heterocycles. The molecule has 0 amide bonds. The van der Waals surface area contributed by atoms with Gasteiger partial charge >= 0.3 is 0 Å². The Morgan fingerprint density at radius 1 is 1.14 bits per heavy atom. The largest absolute Gasteiger partial charge is 0.388 e. The van der Waals surface area contributed by atoms with Gasteiger partial charge < -0.3 is 10.4 Å². The van der Waals surface area contributed by atoms with Crippen LogP contribution in [0.4, 0.5) is 0 Å². The van der Waals surface area contributed by atoms with Crippen LogP contribution in [-0.2, 0) is 6.42 Å². The zero-order valence-electron chi connectivity index (χ0n) is 13.7. The van der Waals surface area contributed by atoms with Crippen molar-refractivity contribution in [2.45, 2.75) is 64.5 Å². The van der Waals surface area contributed by atoms with E-state index in [1.54, 1.807) is 0 Å². The van der Waals surface area contributed by atoms with Crippen LogP contribution in [0.2, 0.25) is 0 Å². The van der Waals surface area contributed by atoms with Crippen LogP contribution < -0.4 is 5.32 Å². The number of rotatable bonds is 1. The second-order valence-electron chi connectivity index (χ2n) is 8.08. The Morgan fingerprint density at radius 2 is 1.81 bits per heavy atom. The molecular weight excluding hydrogens is 258 g/mol. The minimum atomic E-state index is -0.571. The summed E-state index contributed by atoms with van der Waals surface area (Å²) in [7, 11) is 0. The van der Waals surface area contributed by atoms with E-state index in [1.807, 2.05) is 0 Å². The Balaban J connectivity index is 1.79. The highest BCUT2D eigenvalue weighted by molar-refractivity contribution is 5.34. The third kappa shape index (κ3) is 2.89. The minimum Gasteiger partial charge on any atom is -0.388 e. The van der Waals surface area contributed by atoms with Crippen molar-refractivity contribution in [1.29, 1.82) is 0 Å². The molecule has 2 nitrogen and oxygen atoms in total. The van der Waals surface area contributed by atoms with Crippen molar-refractivity contribution in [2.75, 3.05) is 6.54 Å². The summed E-state index contributed by atoms with van der Waals surface area (Å²) in [4.78, 5) is 0. The molecule has 2 heteroatoms. The molecule has 2 aliphatic rings. The monoisotopic (exact) mass is 287 g/mol. The summed E-state index contributed by atoms with van der Waals surface area (Å²) in [5.41, 5.74) is 2.52. The van der Waals surface area contributed by atoms with Crippen LogP contribution in [0.15, 0.2) is 24.3 Å². The van der Waals surface area contributed by atoms with Gasteiger partial charge in [0.25, 0.3) is 0 Å². The predicted molar refractivity (Wildman–Crippen MR) is 87.3 cm³/mol. The van der Waals surface area contributed by atoms with Gasteiger partial charge in [-0.3, -0.25) is 0 Å². The van der Waals surface area contributed by atoms with Crippen molar-refractivity contribution in [3.05, 3.63) is 35.4 Å². The van der Waals surface area contributed by atoms with Crippen molar-refractivity contribution in [2.24, 2.45) is 11.3 Å². The molecule has 116 valence electrons. The molecule has 0 radical (unpaired) electrons. The fourth-order valence-electron chi connectivity index (χ4n) is 4.26. The lowest BCUT2D eigenvalue weighted by Crippen LogP contribution is -2.49. The van der Waals surface area contributed by atoms with Crippen LogP contribution in [0.5, 0.6) is 0 Å². The van der Waals surface area contributed by atoms with Crippen LogP contribution >= 0.6 is 0 Å². The predicted octanol–water partition coefficient (Wildman–Crippen LogP) is 3.84. The zero-order chi connectivity index (χ0) is 15.1. The average molecular weight is 287 g/mol. The first kappa shape index (κ1) is 15.1. The van der Waals surface area contributed by atoms with Gasteiger partial charge in [0.15, 0.2) is 0 Å². The molecule has 1 heterocycles. The summed E-state index contributed by atoms with van der Waals surface area (Å²) in [6.45, 7) is 7.97. The molecule has 2 N–H and O–H groups in total. The van der Waals surface area contributed by atoms with Crippen LogP contribution in [0, 0.1) is 11.3 Å². The third-order valence-corrected chi connectivity index (χ3v) is 5.72. The fraction of sp³-hybridized carbons (Fsp3) is 0.684. The van der Waals surface area contributed by atoms with E-state index in [2.05, 4.69) is 50.4 Å². The number of benzene rings is 1. The Kier molecular flexibility index (Phi) is 3.87. The van der Waals surface area contributed by atoms with Crippen LogP contribution in [0.25, 0.3) is 0 Å². The standard InChI is InChI=1S/C19H29NO/c1-18(2,3)15-8-11-19(21,12-9-15)17-16-7-5-4-6-14(16)10-13-20-17/h4-7,15,17,20-21H,8-13H2,1-3H3. The van der Waals surface area contributed by atoms with Gasteiger partial charge in [-0.15, -0.1) is 0 Å². The number of nitrogens with one attached hydrogen (secondary N) is 1. The van der Waals surface area contributed by atoms with Gasteiger partial charge in [-0.2, -0.15) is 0 Å². The molecule has 1 aromatic carbocycles. The van der Waals surface area contributed by atoms with Crippen molar-refractivity contribution >= 4 is 0 Å². The van der Waals surface area contributed by atoms with E-state index in [9.17, 15) is 5.11 Å². The molecule has 1 saturated carbocycles. The van der Waals surface area contributed by atoms with E-state index in [0.29, 0.717) is 5.41 Å². The lowest BCUT2D eigenvalue weighted by molar-refractivity contribution is -0.0559. The highest BCUT2D eigenvalue weighted by atomic mass is 16.3. The summed E-state index contributed by atoms with van der Waals surface area (Å²) in [5.74, 6) is 0.733. The first-order valence-corrected chi connectivity index (χ1v) is 8.44. The average Bonchev–Trinajstić information content (AvgIpc) is 2.46. The van der Waals surface area contributed by atoms with E-state index in [0.717, 1.165) is 44.6 Å². The number of fused-ring (bicyclic) bond motifs is 1. The van der Waals surface area contributed by atoms with Gasteiger partial charge in [0.05, 0.1) is 11.6 Å².